The third-order valence-corrected chi connectivity index (χ3v) is 7.47. The Morgan fingerprint density at radius 3 is 2.65 bits per heavy atom. The molecule has 2 aromatic heterocycles. The van der Waals surface area contributed by atoms with Crippen LogP contribution in [0.5, 0.6) is 0 Å². The van der Waals surface area contributed by atoms with Crippen molar-refractivity contribution in [2.75, 3.05) is 32.7 Å². The van der Waals surface area contributed by atoms with Gasteiger partial charge in [-0.25, -0.2) is 13.4 Å². The van der Waals surface area contributed by atoms with E-state index in [0.717, 1.165) is 38.4 Å². The van der Waals surface area contributed by atoms with Crippen molar-refractivity contribution in [2.45, 2.75) is 24.1 Å². The van der Waals surface area contributed by atoms with Crippen molar-refractivity contribution in [1.82, 2.24) is 18.8 Å². The lowest BCUT2D eigenvalue weighted by molar-refractivity contribution is 0.182. The van der Waals surface area contributed by atoms with Crippen LogP contribution in [0.1, 0.15) is 12.7 Å². The first-order valence-corrected chi connectivity index (χ1v) is 10.2. The van der Waals surface area contributed by atoms with E-state index in [1.54, 1.807) is 21.8 Å². The molecule has 8 heteroatoms. The molecule has 126 valence electrons. The number of sulfonamides is 1. The van der Waals surface area contributed by atoms with Gasteiger partial charge in [-0.1, -0.05) is 13.0 Å². The molecule has 0 saturated carbocycles. The monoisotopic (exact) mass is 354 g/mol. The number of nitrogens with zero attached hydrogens (tertiary/aromatic N) is 4. The van der Waals surface area contributed by atoms with Crippen LogP contribution < -0.4 is 0 Å². The first-order valence-electron chi connectivity index (χ1n) is 7.87. The Kier molecular flexibility index (Phi) is 5.15. The number of aromatic nitrogens is 2. The van der Waals surface area contributed by atoms with Crippen LogP contribution in [0.3, 0.4) is 0 Å². The normalized spacial score (nSPS) is 17.6. The summed E-state index contributed by atoms with van der Waals surface area (Å²) in [4.78, 5) is 6.65. The van der Waals surface area contributed by atoms with Crippen LogP contribution in [0.15, 0.2) is 34.1 Å². The van der Waals surface area contributed by atoms with Crippen molar-refractivity contribution < 1.29 is 8.42 Å². The number of rotatable bonds is 6. The summed E-state index contributed by atoms with van der Waals surface area (Å²) < 4.78 is 29.2. The van der Waals surface area contributed by atoms with E-state index in [9.17, 15) is 8.42 Å². The van der Waals surface area contributed by atoms with Gasteiger partial charge in [-0.15, -0.1) is 11.3 Å². The van der Waals surface area contributed by atoms with Crippen LogP contribution in [0.2, 0.25) is 0 Å². The van der Waals surface area contributed by atoms with E-state index >= 15 is 0 Å². The van der Waals surface area contributed by atoms with E-state index in [-0.39, 0.29) is 0 Å². The molecule has 0 aromatic carbocycles. The van der Waals surface area contributed by atoms with E-state index in [4.69, 9.17) is 0 Å². The molecule has 2 aromatic rings. The highest BCUT2D eigenvalue weighted by molar-refractivity contribution is 7.91. The Hall–Kier alpha value is -1.22. The molecule has 1 aliphatic rings. The summed E-state index contributed by atoms with van der Waals surface area (Å²) in [7, 11) is -3.30. The lowest BCUT2D eigenvalue weighted by Crippen LogP contribution is -2.49. The van der Waals surface area contributed by atoms with Gasteiger partial charge in [-0.3, -0.25) is 4.90 Å². The minimum Gasteiger partial charge on any atom is -0.334 e. The SMILES string of the molecule is CCc1nccn1CCN1CCN(S(=O)(=O)c2cccs2)CC1. The second-order valence-electron chi connectivity index (χ2n) is 5.57. The van der Waals surface area contributed by atoms with E-state index < -0.39 is 10.0 Å². The first-order chi connectivity index (χ1) is 11.1. The molecule has 0 N–H and O–H groups in total. The summed E-state index contributed by atoms with van der Waals surface area (Å²) in [6, 6.07) is 3.46. The molecule has 0 unspecified atom stereocenters. The maximum atomic E-state index is 12.5. The average molecular weight is 355 g/mol. The smallest absolute Gasteiger partial charge is 0.252 e. The summed E-state index contributed by atoms with van der Waals surface area (Å²) in [5.74, 6) is 1.10. The minimum atomic E-state index is -3.30. The number of thiophene rings is 1. The number of aryl methyl sites for hydroxylation is 1. The number of hydrogen-bond acceptors (Lipinski definition) is 5. The van der Waals surface area contributed by atoms with E-state index in [1.807, 2.05) is 12.4 Å². The second kappa shape index (κ2) is 7.12. The maximum absolute atomic E-state index is 12.5. The van der Waals surface area contributed by atoms with Crippen molar-refractivity contribution in [3.63, 3.8) is 0 Å². The zero-order chi connectivity index (χ0) is 16.3. The summed E-state index contributed by atoms with van der Waals surface area (Å²) >= 11 is 1.28. The van der Waals surface area contributed by atoms with Gasteiger partial charge >= 0.3 is 0 Å². The third kappa shape index (κ3) is 3.65. The van der Waals surface area contributed by atoms with Gasteiger partial charge in [0, 0.05) is 58.1 Å². The molecule has 0 radical (unpaired) electrons. The summed E-state index contributed by atoms with van der Waals surface area (Å²) in [5, 5.41) is 1.81. The fourth-order valence-electron chi connectivity index (χ4n) is 2.84. The molecule has 0 aliphatic carbocycles. The molecule has 1 fully saturated rings. The van der Waals surface area contributed by atoms with Crippen molar-refractivity contribution in [3.8, 4) is 0 Å². The van der Waals surface area contributed by atoms with Gasteiger partial charge in [-0.05, 0) is 11.4 Å². The molecule has 0 bridgehead atoms. The van der Waals surface area contributed by atoms with Crippen LogP contribution in [0, 0.1) is 0 Å². The first kappa shape index (κ1) is 16.6. The predicted octanol–water partition coefficient (Wildman–Crippen LogP) is 1.51. The highest BCUT2D eigenvalue weighted by atomic mass is 32.2. The Balaban J connectivity index is 1.53. The van der Waals surface area contributed by atoms with E-state index in [2.05, 4.69) is 21.4 Å². The third-order valence-electron chi connectivity index (χ3n) is 4.20. The topological polar surface area (TPSA) is 58.4 Å². The lowest BCUT2D eigenvalue weighted by Gasteiger charge is -2.33. The molecule has 0 spiro atoms. The standard InChI is InChI=1S/C15H22N4O2S2/c1-2-14-16-5-6-18(14)10-7-17-8-11-19(12-9-17)23(20,21)15-4-3-13-22-15/h3-6,13H,2,7-12H2,1H3. The minimum absolute atomic E-state index is 0.442. The second-order valence-corrected chi connectivity index (χ2v) is 8.68. The van der Waals surface area contributed by atoms with Gasteiger partial charge in [-0.2, -0.15) is 4.31 Å². The number of hydrogen-bond donors (Lipinski definition) is 0. The van der Waals surface area contributed by atoms with Gasteiger partial charge in [0.1, 0.15) is 10.0 Å². The van der Waals surface area contributed by atoms with Gasteiger partial charge < -0.3 is 4.57 Å². The molecule has 6 nitrogen and oxygen atoms in total. The molecule has 3 rings (SSSR count). The molecule has 1 aliphatic heterocycles. The van der Waals surface area contributed by atoms with Crippen LogP contribution in [-0.4, -0.2) is 59.9 Å². The highest BCUT2D eigenvalue weighted by Gasteiger charge is 2.28. The zero-order valence-electron chi connectivity index (χ0n) is 13.3. The van der Waals surface area contributed by atoms with Gasteiger partial charge in [0.15, 0.2) is 0 Å². The van der Waals surface area contributed by atoms with Crippen molar-refractivity contribution in [1.29, 1.82) is 0 Å². The van der Waals surface area contributed by atoms with Crippen molar-refractivity contribution in [3.05, 3.63) is 35.7 Å². The Morgan fingerprint density at radius 1 is 1.22 bits per heavy atom. The molecule has 3 heterocycles. The van der Waals surface area contributed by atoms with Crippen LogP contribution in [0.25, 0.3) is 0 Å². The molecular formula is C15H22N4O2S2. The summed E-state index contributed by atoms with van der Waals surface area (Å²) in [6.07, 6.45) is 4.78. The molecule has 1 saturated heterocycles. The predicted molar refractivity (Wildman–Crippen MR) is 91.1 cm³/mol. The quantitative estimate of drug-likeness (QED) is 0.789. The van der Waals surface area contributed by atoms with Crippen molar-refractivity contribution >= 4 is 21.4 Å². The van der Waals surface area contributed by atoms with Gasteiger partial charge in [0.25, 0.3) is 10.0 Å². The number of piperazine rings is 1. The molecule has 0 atom stereocenters. The Bertz CT molecular complexity index is 717. The molecule has 0 amide bonds. The zero-order valence-corrected chi connectivity index (χ0v) is 14.9. The summed E-state index contributed by atoms with van der Waals surface area (Å²) in [5.41, 5.74) is 0. The van der Waals surface area contributed by atoms with Crippen LogP contribution >= 0.6 is 11.3 Å². The van der Waals surface area contributed by atoms with Gasteiger partial charge in [0.2, 0.25) is 0 Å². The highest BCUT2D eigenvalue weighted by Crippen LogP contribution is 2.21. The van der Waals surface area contributed by atoms with E-state index in [1.165, 1.54) is 11.3 Å². The number of imidazole rings is 1. The molecule has 23 heavy (non-hydrogen) atoms. The van der Waals surface area contributed by atoms with Crippen LogP contribution in [-0.2, 0) is 23.0 Å². The fourth-order valence-corrected chi connectivity index (χ4v) is 5.40. The fraction of sp³-hybridized carbons (Fsp3) is 0.533. The Morgan fingerprint density at radius 2 is 2.00 bits per heavy atom. The maximum Gasteiger partial charge on any atom is 0.252 e. The summed E-state index contributed by atoms with van der Waals surface area (Å²) in [6.45, 7) is 6.61. The Labute approximate surface area is 141 Å². The van der Waals surface area contributed by atoms with Crippen molar-refractivity contribution in [2.24, 2.45) is 0 Å². The lowest BCUT2D eigenvalue weighted by atomic mass is 10.3. The molecular weight excluding hydrogens is 332 g/mol. The average Bonchev–Trinajstić information content (AvgIpc) is 3.24. The van der Waals surface area contributed by atoms with Crippen LogP contribution in [0.4, 0.5) is 0 Å². The van der Waals surface area contributed by atoms with E-state index in [0.29, 0.717) is 17.3 Å². The van der Waals surface area contributed by atoms with Gasteiger partial charge in [0.05, 0.1) is 0 Å². The largest absolute Gasteiger partial charge is 0.334 e.